The summed E-state index contributed by atoms with van der Waals surface area (Å²) in [6, 6.07) is 21.2. The van der Waals surface area contributed by atoms with Crippen molar-refractivity contribution in [2.24, 2.45) is 0 Å². The zero-order valence-corrected chi connectivity index (χ0v) is 19.5. The SMILES string of the molecule is COc1ccc(C(=O)N(C)C(C)c2nc3ccccc3c(=O)n2-c2ccc(Br)cc2)cc1. The van der Waals surface area contributed by atoms with Crippen LogP contribution in [0.4, 0.5) is 0 Å². The topological polar surface area (TPSA) is 64.4 Å². The fraction of sp³-hybridized carbons (Fsp3) is 0.160. The van der Waals surface area contributed by atoms with Gasteiger partial charge < -0.3 is 9.64 Å². The Bertz CT molecular complexity index is 1330. The zero-order valence-electron chi connectivity index (χ0n) is 17.9. The molecule has 4 aromatic rings. The van der Waals surface area contributed by atoms with Gasteiger partial charge in [0.2, 0.25) is 0 Å². The molecule has 1 heterocycles. The van der Waals surface area contributed by atoms with Crippen molar-refractivity contribution < 1.29 is 9.53 Å². The van der Waals surface area contributed by atoms with Crippen molar-refractivity contribution in [3.63, 3.8) is 0 Å². The van der Waals surface area contributed by atoms with Crippen molar-refractivity contribution in [1.82, 2.24) is 14.5 Å². The fourth-order valence-corrected chi connectivity index (χ4v) is 3.82. The minimum atomic E-state index is -0.467. The number of carbonyl (C=O) groups excluding carboxylic acids is 1. The lowest BCUT2D eigenvalue weighted by atomic mass is 10.1. The van der Waals surface area contributed by atoms with Gasteiger partial charge in [0.05, 0.1) is 29.7 Å². The Morgan fingerprint density at radius 1 is 1.03 bits per heavy atom. The molecule has 0 fully saturated rings. The second-order valence-electron chi connectivity index (χ2n) is 7.42. The molecule has 4 rings (SSSR count). The number of ether oxygens (including phenoxy) is 1. The zero-order chi connectivity index (χ0) is 22.8. The van der Waals surface area contributed by atoms with Crippen LogP contribution in [-0.2, 0) is 0 Å². The number of amides is 1. The highest BCUT2D eigenvalue weighted by Crippen LogP contribution is 2.24. The number of aromatic nitrogens is 2. The molecule has 6 nitrogen and oxygen atoms in total. The molecule has 0 N–H and O–H groups in total. The number of benzene rings is 3. The summed E-state index contributed by atoms with van der Waals surface area (Å²) in [6.45, 7) is 1.87. The number of fused-ring (bicyclic) bond motifs is 1. The predicted molar refractivity (Wildman–Crippen MR) is 129 cm³/mol. The maximum absolute atomic E-state index is 13.5. The number of carbonyl (C=O) groups is 1. The van der Waals surface area contributed by atoms with Gasteiger partial charge in [0.1, 0.15) is 11.6 Å². The Balaban J connectivity index is 1.82. The lowest BCUT2D eigenvalue weighted by Gasteiger charge is -2.27. The smallest absolute Gasteiger partial charge is 0.266 e. The van der Waals surface area contributed by atoms with E-state index in [9.17, 15) is 9.59 Å². The number of methoxy groups -OCH3 is 1. The largest absolute Gasteiger partial charge is 0.497 e. The first-order valence-electron chi connectivity index (χ1n) is 10.1. The number of hydrogen-bond donors (Lipinski definition) is 0. The van der Waals surface area contributed by atoms with Crippen molar-refractivity contribution in [3.8, 4) is 11.4 Å². The molecular formula is C25H22BrN3O3. The lowest BCUT2D eigenvalue weighted by molar-refractivity contribution is 0.0735. The van der Waals surface area contributed by atoms with E-state index in [0.29, 0.717) is 33.7 Å². The second-order valence-corrected chi connectivity index (χ2v) is 8.34. The Hall–Kier alpha value is -3.45. The third kappa shape index (κ3) is 4.03. The van der Waals surface area contributed by atoms with E-state index in [1.54, 1.807) is 54.0 Å². The van der Waals surface area contributed by atoms with Crippen LogP contribution in [0, 0.1) is 0 Å². The Labute approximate surface area is 194 Å². The van der Waals surface area contributed by atoms with Gasteiger partial charge in [0.25, 0.3) is 11.5 Å². The van der Waals surface area contributed by atoms with Gasteiger partial charge in [0, 0.05) is 17.1 Å². The maximum atomic E-state index is 13.5. The number of halogens is 1. The van der Waals surface area contributed by atoms with E-state index in [0.717, 1.165) is 4.47 Å². The summed E-state index contributed by atoms with van der Waals surface area (Å²) >= 11 is 3.44. The van der Waals surface area contributed by atoms with Crippen molar-refractivity contribution in [3.05, 3.63) is 99.0 Å². The van der Waals surface area contributed by atoms with Crippen LogP contribution in [0.2, 0.25) is 0 Å². The van der Waals surface area contributed by atoms with Gasteiger partial charge in [-0.25, -0.2) is 4.98 Å². The van der Waals surface area contributed by atoms with Crippen LogP contribution < -0.4 is 10.3 Å². The summed E-state index contributed by atoms with van der Waals surface area (Å²) < 4.78 is 7.66. The highest BCUT2D eigenvalue weighted by atomic mass is 79.9. The van der Waals surface area contributed by atoms with E-state index in [-0.39, 0.29) is 11.5 Å². The average molecular weight is 492 g/mol. The van der Waals surface area contributed by atoms with Gasteiger partial charge in [-0.1, -0.05) is 28.1 Å². The van der Waals surface area contributed by atoms with Gasteiger partial charge in [-0.15, -0.1) is 0 Å². The average Bonchev–Trinajstić information content (AvgIpc) is 2.83. The molecule has 3 aromatic carbocycles. The van der Waals surface area contributed by atoms with Crippen LogP contribution in [0.15, 0.2) is 82.1 Å². The standard InChI is InChI=1S/C25H22BrN3O3/c1-16(28(2)24(30)17-8-14-20(32-3)15-9-17)23-27-22-7-5-4-6-21(22)25(31)29(23)19-12-10-18(26)11-13-19/h4-16H,1-3H3. The van der Waals surface area contributed by atoms with Crippen LogP contribution in [0.5, 0.6) is 5.75 Å². The van der Waals surface area contributed by atoms with Crippen LogP contribution in [0.1, 0.15) is 29.1 Å². The molecule has 1 amide bonds. The van der Waals surface area contributed by atoms with Crippen LogP contribution in [-0.4, -0.2) is 34.5 Å². The van der Waals surface area contributed by atoms with Crippen LogP contribution >= 0.6 is 15.9 Å². The number of para-hydroxylation sites is 1. The van der Waals surface area contributed by atoms with E-state index >= 15 is 0 Å². The summed E-state index contributed by atoms with van der Waals surface area (Å²) in [6.07, 6.45) is 0. The van der Waals surface area contributed by atoms with E-state index in [2.05, 4.69) is 15.9 Å². The molecule has 1 atom stereocenters. The maximum Gasteiger partial charge on any atom is 0.266 e. The molecule has 32 heavy (non-hydrogen) atoms. The molecule has 0 aliphatic heterocycles. The lowest BCUT2D eigenvalue weighted by Crippen LogP contribution is -2.34. The monoisotopic (exact) mass is 491 g/mol. The van der Waals surface area contributed by atoms with Crippen molar-refractivity contribution in [1.29, 1.82) is 0 Å². The predicted octanol–water partition coefficient (Wildman–Crippen LogP) is 4.99. The summed E-state index contributed by atoms with van der Waals surface area (Å²) in [7, 11) is 3.29. The van der Waals surface area contributed by atoms with Gasteiger partial charge in [-0.3, -0.25) is 14.2 Å². The molecule has 0 aliphatic rings. The molecule has 0 spiro atoms. The summed E-state index contributed by atoms with van der Waals surface area (Å²) in [5, 5.41) is 0.524. The van der Waals surface area contributed by atoms with Gasteiger partial charge in [0.15, 0.2) is 0 Å². The highest BCUT2D eigenvalue weighted by molar-refractivity contribution is 9.10. The number of nitrogens with zero attached hydrogens (tertiary/aromatic N) is 3. The summed E-state index contributed by atoms with van der Waals surface area (Å²) in [5.41, 5.74) is 1.63. The number of rotatable bonds is 5. The Kier molecular flexibility index (Phi) is 6.10. The third-order valence-electron chi connectivity index (χ3n) is 5.50. The quantitative estimate of drug-likeness (QED) is 0.394. The molecule has 0 bridgehead atoms. The Morgan fingerprint density at radius 2 is 1.69 bits per heavy atom. The second kappa shape index (κ2) is 8.96. The fourth-order valence-electron chi connectivity index (χ4n) is 3.56. The first-order chi connectivity index (χ1) is 15.4. The molecule has 0 radical (unpaired) electrons. The van der Waals surface area contributed by atoms with Crippen LogP contribution in [0.25, 0.3) is 16.6 Å². The van der Waals surface area contributed by atoms with Crippen molar-refractivity contribution in [2.75, 3.05) is 14.2 Å². The molecule has 0 aliphatic carbocycles. The molecule has 7 heteroatoms. The molecule has 0 saturated carbocycles. The molecule has 1 unspecified atom stereocenters. The molecule has 162 valence electrons. The van der Waals surface area contributed by atoms with Crippen LogP contribution in [0.3, 0.4) is 0 Å². The molecule has 0 saturated heterocycles. The Morgan fingerprint density at radius 3 is 2.34 bits per heavy atom. The van der Waals surface area contributed by atoms with Gasteiger partial charge in [-0.2, -0.15) is 0 Å². The highest BCUT2D eigenvalue weighted by Gasteiger charge is 2.25. The minimum Gasteiger partial charge on any atom is -0.497 e. The summed E-state index contributed by atoms with van der Waals surface area (Å²) in [4.78, 5) is 33.0. The first-order valence-corrected chi connectivity index (χ1v) is 10.9. The van der Waals surface area contributed by atoms with Crippen molar-refractivity contribution in [2.45, 2.75) is 13.0 Å². The molecular weight excluding hydrogens is 470 g/mol. The summed E-state index contributed by atoms with van der Waals surface area (Å²) in [5.74, 6) is 0.989. The van der Waals surface area contributed by atoms with E-state index in [1.165, 1.54) is 0 Å². The number of hydrogen-bond acceptors (Lipinski definition) is 4. The van der Waals surface area contributed by atoms with Crippen molar-refractivity contribution >= 4 is 32.7 Å². The normalized spacial score (nSPS) is 11.9. The van der Waals surface area contributed by atoms with E-state index < -0.39 is 6.04 Å². The molecule has 1 aromatic heterocycles. The van der Waals surface area contributed by atoms with Gasteiger partial charge >= 0.3 is 0 Å². The van der Waals surface area contributed by atoms with Gasteiger partial charge in [-0.05, 0) is 67.6 Å². The first kappa shape index (κ1) is 21.8. The third-order valence-corrected chi connectivity index (χ3v) is 6.03. The van der Waals surface area contributed by atoms with E-state index in [1.807, 2.05) is 49.4 Å². The van der Waals surface area contributed by atoms with E-state index in [4.69, 9.17) is 9.72 Å². The minimum absolute atomic E-state index is 0.176.